The third-order valence-electron chi connectivity index (χ3n) is 1.63. The molecular formula is C6H12S. The first-order chi connectivity index (χ1) is 3.43. The van der Waals surface area contributed by atoms with E-state index in [-0.39, 0.29) is 0 Å². The van der Waals surface area contributed by atoms with Crippen LogP contribution in [0.15, 0.2) is 0 Å². The summed E-state index contributed by atoms with van der Waals surface area (Å²) in [4.78, 5) is 0. The molecule has 0 bridgehead atoms. The second kappa shape index (κ2) is 2.61. The van der Waals surface area contributed by atoms with Gasteiger partial charge in [0.25, 0.3) is 0 Å². The molecule has 0 nitrogen and oxygen atoms in total. The molecule has 42 valence electrons. The van der Waals surface area contributed by atoms with Gasteiger partial charge in [-0.15, -0.1) is 0 Å². The van der Waals surface area contributed by atoms with Crippen LogP contribution in [0.5, 0.6) is 0 Å². The SMILES string of the molecule is CSCC1CCC1. The first-order valence-electron chi connectivity index (χ1n) is 2.92. The van der Waals surface area contributed by atoms with Crippen molar-refractivity contribution in [1.82, 2.24) is 0 Å². The Balaban J connectivity index is 1.93. The van der Waals surface area contributed by atoms with Crippen molar-refractivity contribution in [3.63, 3.8) is 0 Å². The molecule has 0 amide bonds. The molecule has 0 spiro atoms. The minimum atomic E-state index is 1.09. The van der Waals surface area contributed by atoms with Gasteiger partial charge in [0.05, 0.1) is 0 Å². The fraction of sp³-hybridized carbons (Fsp3) is 1.00. The average Bonchev–Trinajstić information content (AvgIpc) is 1.55. The lowest BCUT2D eigenvalue weighted by Crippen LogP contribution is -2.12. The van der Waals surface area contributed by atoms with Gasteiger partial charge in [-0.3, -0.25) is 0 Å². The van der Waals surface area contributed by atoms with Gasteiger partial charge in [0.2, 0.25) is 0 Å². The van der Waals surface area contributed by atoms with E-state index in [2.05, 4.69) is 6.26 Å². The Labute approximate surface area is 49.7 Å². The Morgan fingerprint density at radius 2 is 2.29 bits per heavy atom. The van der Waals surface area contributed by atoms with Crippen molar-refractivity contribution < 1.29 is 0 Å². The first kappa shape index (κ1) is 5.49. The highest BCUT2D eigenvalue weighted by atomic mass is 32.2. The molecule has 1 aliphatic carbocycles. The maximum atomic E-state index is 2.19. The van der Waals surface area contributed by atoms with E-state index in [9.17, 15) is 0 Å². The summed E-state index contributed by atoms with van der Waals surface area (Å²) >= 11 is 1.99. The maximum Gasteiger partial charge on any atom is -0.00419 e. The molecular weight excluding hydrogens is 104 g/mol. The van der Waals surface area contributed by atoms with Crippen molar-refractivity contribution in [1.29, 1.82) is 0 Å². The Kier molecular flexibility index (Phi) is 2.04. The van der Waals surface area contributed by atoms with Crippen LogP contribution in [0.4, 0.5) is 0 Å². The van der Waals surface area contributed by atoms with E-state index in [0.717, 1.165) is 5.92 Å². The topological polar surface area (TPSA) is 0 Å². The van der Waals surface area contributed by atoms with Crippen LogP contribution < -0.4 is 0 Å². The molecule has 1 aliphatic rings. The molecule has 0 saturated heterocycles. The molecule has 0 aliphatic heterocycles. The zero-order chi connectivity index (χ0) is 5.11. The largest absolute Gasteiger partial charge is 0.165 e. The van der Waals surface area contributed by atoms with Crippen molar-refractivity contribution in [2.24, 2.45) is 5.92 Å². The van der Waals surface area contributed by atoms with Gasteiger partial charge in [0.15, 0.2) is 0 Å². The van der Waals surface area contributed by atoms with Gasteiger partial charge in [0, 0.05) is 0 Å². The third kappa shape index (κ3) is 1.37. The predicted molar refractivity (Wildman–Crippen MR) is 35.7 cm³/mol. The smallest absolute Gasteiger partial charge is 0.00419 e. The molecule has 1 fully saturated rings. The van der Waals surface area contributed by atoms with Crippen molar-refractivity contribution in [3.8, 4) is 0 Å². The number of hydrogen-bond acceptors (Lipinski definition) is 1. The van der Waals surface area contributed by atoms with Gasteiger partial charge in [-0.05, 0) is 30.8 Å². The molecule has 1 heteroatoms. The lowest BCUT2D eigenvalue weighted by molar-refractivity contribution is 0.353. The van der Waals surface area contributed by atoms with Gasteiger partial charge < -0.3 is 0 Å². The zero-order valence-electron chi connectivity index (χ0n) is 4.81. The van der Waals surface area contributed by atoms with E-state index in [4.69, 9.17) is 0 Å². The Bertz CT molecular complexity index is 48.1. The molecule has 0 radical (unpaired) electrons. The quantitative estimate of drug-likeness (QED) is 0.532. The number of rotatable bonds is 2. The van der Waals surface area contributed by atoms with Gasteiger partial charge in [0.1, 0.15) is 0 Å². The minimum absolute atomic E-state index is 1.09. The second-order valence-electron chi connectivity index (χ2n) is 2.25. The van der Waals surface area contributed by atoms with E-state index >= 15 is 0 Å². The van der Waals surface area contributed by atoms with Crippen molar-refractivity contribution in [3.05, 3.63) is 0 Å². The van der Waals surface area contributed by atoms with Crippen molar-refractivity contribution in [2.45, 2.75) is 19.3 Å². The molecule has 0 aromatic rings. The lowest BCUT2D eigenvalue weighted by atomic mass is 9.87. The second-order valence-corrected chi connectivity index (χ2v) is 3.16. The van der Waals surface area contributed by atoms with E-state index in [1.54, 1.807) is 0 Å². The summed E-state index contributed by atoms with van der Waals surface area (Å²) in [5.74, 6) is 2.50. The van der Waals surface area contributed by atoms with Gasteiger partial charge in [-0.1, -0.05) is 6.42 Å². The minimum Gasteiger partial charge on any atom is -0.165 e. The summed E-state index contributed by atoms with van der Waals surface area (Å²) in [6.07, 6.45) is 6.69. The molecule has 0 unspecified atom stereocenters. The van der Waals surface area contributed by atoms with Crippen LogP contribution in [-0.2, 0) is 0 Å². The monoisotopic (exact) mass is 116 g/mol. The molecule has 0 heterocycles. The normalized spacial score (nSPS) is 21.9. The van der Waals surface area contributed by atoms with Gasteiger partial charge >= 0.3 is 0 Å². The average molecular weight is 116 g/mol. The standard InChI is InChI=1S/C6H12S/c1-7-5-6-3-2-4-6/h6H,2-5H2,1H3. The van der Waals surface area contributed by atoms with Gasteiger partial charge in [-0.25, -0.2) is 0 Å². The molecule has 1 saturated carbocycles. The van der Waals surface area contributed by atoms with E-state index in [1.165, 1.54) is 25.0 Å². The summed E-state index contributed by atoms with van der Waals surface area (Å²) in [5, 5.41) is 0. The molecule has 0 atom stereocenters. The molecule has 7 heavy (non-hydrogen) atoms. The maximum absolute atomic E-state index is 2.19. The highest BCUT2D eigenvalue weighted by Gasteiger charge is 2.15. The Morgan fingerprint density at radius 1 is 1.57 bits per heavy atom. The van der Waals surface area contributed by atoms with Crippen molar-refractivity contribution in [2.75, 3.05) is 12.0 Å². The summed E-state index contributed by atoms with van der Waals surface area (Å²) < 4.78 is 0. The Hall–Kier alpha value is 0.350. The van der Waals surface area contributed by atoms with E-state index in [1.807, 2.05) is 11.8 Å². The highest BCUT2D eigenvalue weighted by molar-refractivity contribution is 7.98. The summed E-state index contributed by atoms with van der Waals surface area (Å²) in [5.41, 5.74) is 0. The van der Waals surface area contributed by atoms with Crippen molar-refractivity contribution >= 4 is 11.8 Å². The van der Waals surface area contributed by atoms with E-state index < -0.39 is 0 Å². The van der Waals surface area contributed by atoms with Crippen LogP contribution in [-0.4, -0.2) is 12.0 Å². The van der Waals surface area contributed by atoms with Crippen LogP contribution in [0.1, 0.15) is 19.3 Å². The summed E-state index contributed by atoms with van der Waals surface area (Å²) in [6, 6.07) is 0. The highest BCUT2D eigenvalue weighted by Crippen LogP contribution is 2.28. The van der Waals surface area contributed by atoms with Crippen LogP contribution in [0.3, 0.4) is 0 Å². The van der Waals surface area contributed by atoms with Crippen LogP contribution >= 0.6 is 11.8 Å². The fourth-order valence-electron chi connectivity index (χ4n) is 0.895. The molecule has 0 aromatic carbocycles. The zero-order valence-corrected chi connectivity index (χ0v) is 5.63. The number of hydrogen-bond donors (Lipinski definition) is 0. The predicted octanol–water partition coefficient (Wildman–Crippen LogP) is 2.15. The van der Waals surface area contributed by atoms with Gasteiger partial charge in [-0.2, -0.15) is 11.8 Å². The third-order valence-corrected chi connectivity index (χ3v) is 2.43. The molecule has 1 rings (SSSR count). The molecule has 0 N–H and O–H groups in total. The number of thioether (sulfide) groups is 1. The van der Waals surface area contributed by atoms with Crippen LogP contribution in [0.2, 0.25) is 0 Å². The summed E-state index contributed by atoms with van der Waals surface area (Å²) in [7, 11) is 0. The first-order valence-corrected chi connectivity index (χ1v) is 4.32. The van der Waals surface area contributed by atoms with Crippen LogP contribution in [0.25, 0.3) is 0 Å². The molecule has 0 aromatic heterocycles. The van der Waals surface area contributed by atoms with E-state index in [0.29, 0.717) is 0 Å². The van der Waals surface area contributed by atoms with Crippen LogP contribution in [0, 0.1) is 5.92 Å². The fourth-order valence-corrected chi connectivity index (χ4v) is 1.70. The lowest BCUT2D eigenvalue weighted by Gasteiger charge is -2.23. The summed E-state index contributed by atoms with van der Waals surface area (Å²) in [6.45, 7) is 0. The Morgan fingerprint density at radius 3 is 2.43 bits per heavy atom.